The number of rotatable bonds is 8. The van der Waals surface area contributed by atoms with Gasteiger partial charge in [0.05, 0.1) is 20.5 Å². The number of aromatic nitrogens is 2. The van der Waals surface area contributed by atoms with E-state index in [0.717, 1.165) is 28.4 Å². The Labute approximate surface area is 235 Å². The van der Waals surface area contributed by atoms with Crippen LogP contribution in [0.2, 0.25) is 0 Å². The zero-order valence-electron chi connectivity index (χ0n) is 22.9. The molecule has 4 rings (SSSR count). The first-order valence-electron chi connectivity index (χ1n) is 13.3. The molecule has 39 heavy (non-hydrogen) atoms. The smallest absolute Gasteiger partial charge is 0.319 e. The average Bonchev–Trinajstić information content (AvgIpc) is 3.37. The van der Waals surface area contributed by atoms with Crippen molar-refractivity contribution in [2.45, 2.75) is 82.2 Å². The minimum absolute atomic E-state index is 0.108. The van der Waals surface area contributed by atoms with Crippen LogP contribution in [-0.2, 0) is 10.0 Å². The molecular formula is C29H37N5O3S2. The van der Waals surface area contributed by atoms with Gasteiger partial charge in [0, 0.05) is 41.1 Å². The molecule has 3 N–H and O–H groups in total. The molecule has 1 saturated carbocycles. The van der Waals surface area contributed by atoms with Crippen molar-refractivity contribution in [3.8, 4) is 10.4 Å². The lowest BCUT2D eigenvalue weighted by Crippen LogP contribution is -2.40. The first kappa shape index (κ1) is 28.9. The zero-order chi connectivity index (χ0) is 28.0. The lowest BCUT2D eigenvalue weighted by Gasteiger charge is -2.22. The highest BCUT2D eigenvalue weighted by Crippen LogP contribution is 2.39. The maximum Gasteiger partial charge on any atom is 0.319 e. The van der Waals surface area contributed by atoms with Crippen LogP contribution in [0.5, 0.6) is 0 Å². The van der Waals surface area contributed by atoms with Gasteiger partial charge in [-0.3, -0.25) is 4.98 Å². The number of sulfonamides is 1. The van der Waals surface area contributed by atoms with Gasteiger partial charge in [-0.2, -0.15) is 0 Å². The Hall–Kier alpha value is -3.08. The van der Waals surface area contributed by atoms with Gasteiger partial charge in [0.2, 0.25) is 10.0 Å². The Balaban J connectivity index is 1.56. The number of carbonyl (C=O) groups is 1. The molecule has 0 aliphatic heterocycles. The van der Waals surface area contributed by atoms with Crippen molar-refractivity contribution in [1.29, 1.82) is 0 Å². The molecule has 1 aliphatic rings. The Morgan fingerprint density at radius 1 is 1.10 bits per heavy atom. The Bertz CT molecular complexity index is 1410. The van der Waals surface area contributed by atoms with Gasteiger partial charge < -0.3 is 10.6 Å². The first-order chi connectivity index (χ1) is 18.5. The van der Waals surface area contributed by atoms with E-state index in [2.05, 4.69) is 25.3 Å². The van der Waals surface area contributed by atoms with Crippen LogP contribution in [-0.4, -0.2) is 36.0 Å². The van der Waals surface area contributed by atoms with Gasteiger partial charge in [0.1, 0.15) is 0 Å². The second-order valence-corrected chi connectivity index (χ2v) is 13.7. The number of nitrogens with zero attached hydrogens (tertiary/aromatic N) is 2. The number of nitrogens with one attached hydrogen (secondary N) is 3. The number of amides is 2. The van der Waals surface area contributed by atoms with Crippen molar-refractivity contribution in [1.82, 2.24) is 20.0 Å². The summed E-state index contributed by atoms with van der Waals surface area (Å²) < 4.78 is 29.8. The van der Waals surface area contributed by atoms with Gasteiger partial charge in [0.25, 0.3) is 0 Å². The molecule has 3 aromatic rings. The summed E-state index contributed by atoms with van der Waals surface area (Å²) in [5.74, 6) is 0.434. The third-order valence-corrected chi connectivity index (χ3v) is 9.31. The van der Waals surface area contributed by atoms with Crippen molar-refractivity contribution in [3.63, 3.8) is 0 Å². The van der Waals surface area contributed by atoms with Crippen molar-refractivity contribution in [2.75, 3.05) is 5.32 Å². The highest BCUT2D eigenvalue weighted by molar-refractivity contribution is 7.89. The van der Waals surface area contributed by atoms with Crippen LogP contribution in [0, 0.1) is 0 Å². The number of pyridine rings is 1. The van der Waals surface area contributed by atoms with Crippen LogP contribution in [0.25, 0.3) is 16.5 Å². The summed E-state index contributed by atoms with van der Waals surface area (Å²) in [5.41, 5.74) is 1.07. The molecule has 1 aromatic carbocycles. The molecule has 1 fully saturated rings. The minimum Gasteiger partial charge on any atom is -0.332 e. The number of benzene rings is 1. The largest absolute Gasteiger partial charge is 0.332 e. The van der Waals surface area contributed by atoms with Crippen LogP contribution in [0.4, 0.5) is 10.5 Å². The summed E-state index contributed by atoms with van der Waals surface area (Å²) in [4.78, 5) is 22.5. The molecule has 1 aliphatic carbocycles. The number of hydrogen-bond donors (Lipinski definition) is 3. The van der Waals surface area contributed by atoms with Gasteiger partial charge in [-0.15, -0.1) is 11.3 Å². The Morgan fingerprint density at radius 3 is 2.56 bits per heavy atom. The molecule has 208 valence electrons. The first-order valence-corrected chi connectivity index (χ1v) is 15.6. The van der Waals surface area contributed by atoms with Crippen molar-refractivity contribution in [2.24, 2.45) is 0 Å². The fourth-order valence-corrected chi connectivity index (χ4v) is 7.43. The molecular weight excluding hydrogens is 530 g/mol. The van der Waals surface area contributed by atoms with Crippen LogP contribution in [0.15, 0.2) is 59.8 Å². The molecule has 8 nitrogen and oxygen atoms in total. The predicted molar refractivity (Wildman–Crippen MR) is 158 cm³/mol. The molecule has 1 atom stereocenters. The Kier molecular flexibility index (Phi) is 9.19. The highest BCUT2D eigenvalue weighted by atomic mass is 32.2. The molecule has 0 bridgehead atoms. The molecule has 0 saturated heterocycles. The number of urea groups is 1. The highest BCUT2D eigenvalue weighted by Gasteiger charge is 2.27. The van der Waals surface area contributed by atoms with E-state index < -0.39 is 21.6 Å². The van der Waals surface area contributed by atoms with E-state index >= 15 is 0 Å². The number of anilines is 1. The van der Waals surface area contributed by atoms with Crippen molar-refractivity contribution >= 4 is 39.2 Å². The third kappa shape index (κ3) is 8.20. The lowest BCUT2D eigenvalue weighted by molar-refractivity contribution is 0.251. The minimum atomic E-state index is -3.89. The van der Waals surface area contributed by atoms with Crippen LogP contribution in [0.1, 0.15) is 76.4 Å². The van der Waals surface area contributed by atoms with Crippen LogP contribution < -0.4 is 15.4 Å². The standard InChI is InChI=1S/C29H37N5O3S2/c1-20(13-14-22-12-8-9-17-30-22)32-28(35)33-23-15-16-24(26(18-23)39(36,37)34-29(2,3)4)25-19-31-27(38-25)21-10-6-5-7-11-21/h8-9,12-21,34H,5-7,10-11H2,1-4H3,(H2,32,33,35)/t20-/m1/s1. The molecule has 0 unspecified atom stereocenters. The van der Waals surface area contributed by atoms with E-state index in [9.17, 15) is 13.2 Å². The predicted octanol–water partition coefficient (Wildman–Crippen LogP) is 6.55. The van der Waals surface area contributed by atoms with E-state index in [1.807, 2.05) is 37.3 Å². The molecule has 2 aromatic heterocycles. The van der Waals surface area contributed by atoms with Gasteiger partial charge in [0.15, 0.2) is 0 Å². The van der Waals surface area contributed by atoms with E-state index in [1.54, 1.807) is 56.6 Å². The molecule has 0 radical (unpaired) electrons. The third-order valence-electron chi connectivity index (χ3n) is 6.32. The fraction of sp³-hybridized carbons (Fsp3) is 0.414. The monoisotopic (exact) mass is 567 g/mol. The summed E-state index contributed by atoms with van der Waals surface area (Å²) >= 11 is 1.56. The summed E-state index contributed by atoms with van der Waals surface area (Å²) in [6, 6.07) is 9.88. The normalized spacial score (nSPS) is 15.8. The summed E-state index contributed by atoms with van der Waals surface area (Å²) in [6.45, 7) is 7.24. The van der Waals surface area contributed by atoms with E-state index in [1.165, 1.54) is 25.3 Å². The summed E-state index contributed by atoms with van der Waals surface area (Å²) in [5, 5.41) is 6.68. The van der Waals surface area contributed by atoms with Crippen molar-refractivity contribution in [3.05, 3.63) is 65.6 Å². The van der Waals surface area contributed by atoms with Gasteiger partial charge in [-0.25, -0.2) is 22.9 Å². The van der Waals surface area contributed by atoms with Crippen LogP contribution >= 0.6 is 11.3 Å². The quantitative estimate of drug-likeness (QED) is 0.286. The second-order valence-electron chi connectivity index (χ2n) is 11.0. The summed E-state index contributed by atoms with van der Waals surface area (Å²) in [7, 11) is -3.89. The van der Waals surface area contributed by atoms with E-state index in [-0.39, 0.29) is 10.9 Å². The fourth-order valence-electron chi connectivity index (χ4n) is 4.57. The zero-order valence-corrected chi connectivity index (χ0v) is 24.5. The van der Waals surface area contributed by atoms with E-state index in [4.69, 9.17) is 0 Å². The number of carbonyl (C=O) groups excluding carboxylic acids is 1. The number of thiazole rings is 1. The topological polar surface area (TPSA) is 113 Å². The number of hydrogen-bond acceptors (Lipinski definition) is 6. The van der Waals surface area contributed by atoms with Gasteiger partial charge in [-0.1, -0.05) is 37.5 Å². The molecule has 2 heterocycles. The summed E-state index contributed by atoms with van der Waals surface area (Å²) in [6.07, 6.45) is 13.1. The van der Waals surface area contributed by atoms with Crippen molar-refractivity contribution < 1.29 is 13.2 Å². The lowest BCUT2D eigenvalue weighted by atomic mass is 9.90. The Morgan fingerprint density at radius 2 is 1.87 bits per heavy atom. The SMILES string of the molecule is C[C@H](C=Cc1ccccn1)NC(=O)Nc1ccc(-c2cnc(C3CCCCC3)s2)c(S(=O)(=O)NC(C)(C)C)c1. The molecule has 0 spiro atoms. The van der Waals surface area contributed by atoms with Crippen LogP contribution in [0.3, 0.4) is 0 Å². The second kappa shape index (κ2) is 12.4. The maximum absolute atomic E-state index is 13.5. The van der Waals surface area contributed by atoms with E-state index in [0.29, 0.717) is 17.2 Å². The molecule has 2 amide bonds. The maximum atomic E-state index is 13.5. The van der Waals surface area contributed by atoms with Gasteiger partial charge >= 0.3 is 6.03 Å². The van der Waals surface area contributed by atoms with Gasteiger partial charge in [-0.05, 0) is 70.9 Å². The average molecular weight is 568 g/mol. The molecule has 10 heteroatoms.